The Kier molecular flexibility index (Phi) is 5.42. The summed E-state index contributed by atoms with van der Waals surface area (Å²) < 4.78 is 17.0. The summed E-state index contributed by atoms with van der Waals surface area (Å²) in [7, 11) is 3.12. The van der Waals surface area contributed by atoms with Crippen molar-refractivity contribution in [1.29, 1.82) is 0 Å². The molecule has 34 heavy (non-hydrogen) atoms. The van der Waals surface area contributed by atoms with Crippen LogP contribution in [0, 0.1) is 13.8 Å². The number of amides is 1. The van der Waals surface area contributed by atoms with Gasteiger partial charge in [0.1, 0.15) is 17.0 Å². The van der Waals surface area contributed by atoms with Crippen LogP contribution in [-0.4, -0.2) is 25.1 Å². The van der Waals surface area contributed by atoms with Crippen LogP contribution in [0.3, 0.4) is 0 Å². The topological polar surface area (TPSA) is 73.6 Å². The quantitative estimate of drug-likeness (QED) is 0.328. The Hall–Kier alpha value is -4.32. The van der Waals surface area contributed by atoms with E-state index in [1.807, 2.05) is 68.4 Å². The summed E-state index contributed by atoms with van der Waals surface area (Å²) >= 11 is 0. The number of nitrogens with zero attached hydrogens (tertiary/aromatic N) is 1. The number of aromatic nitrogens is 1. The fraction of sp³-hybridized carbons (Fsp3) is 0.143. The molecule has 6 heteroatoms. The number of methoxy groups -OCH3 is 2. The van der Waals surface area contributed by atoms with E-state index in [2.05, 4.69) is 10.3 Å². The molecule has 0 aliphatic heterocycles. The molecule has 5 rings (SSSR count). The largest absolute Gasteiger partial charge is 0.496 e. The molecule has 0 saturated carbocycles. The van der Waals surface area contributed by atoms with Gasteiger partial charge in [0.2, 0.25) is 5.89 Å². The van der Waals surface area contributed by atoms with Crippen LogP contribution in [0.25, 0.3) is 33.3 Å². The molecule has 0 aliphatic carbocycles. The van der Waals surface area contributed by atoms with Gasteiger partial charge in [0.05, 0.1) is 25.5 Å². The SMILES string of the molecule is COc1ccc(-c2nc3cc(C)c(C)cc3o2)cc1NC(=O)c1cc2ccccc2cc1OC. The summed E-state index contributed by atoms with van der Waals surface area (Å²) in [5.74, 6) is 1.19. The zero-order valence-electron chi connectivity index (χ0n) is 19.4. The van der Waals surface area contributed by atoms with E-state index < -0.39 is 0 Å². The molecule has 0 atom stereocenters. The van der Waals surface area contributed by atoms with Crippen molar-refractivity contribution >= 4 is 33.5 Å². The molecule has 1 aromatic heterocycles. The van der Waals surface area contributed by atoms with Crippen molar-refractivity contribution in [3.05, 3.63) is 83.4 Å². The highest BCUT2D eigenvalue weighted by atomic mass is 16.5. The van der Waals surface area contributed by atoms with Gasteiger partial charge in [0, 0.05) is 5.56 Å². The second kappa shape index (κ2) is 8.56. The molecule has 1 heterocycles. The van der Waals surface area contributed by atoms with E-state index in [-0.39, 0.29) is 5.91 Å². The first-order valence-corrected chi connectivity index (χ1v) is 10.9. The number of aryl methyl sites for hydroxylation is 2. The molecule has 0 aliphatic rings. The van der Waals surface area contributed by atoms with Crippen LogP contribution in [0.5, 0.6) is 11.5 Å². The smallest absolute Gasteiger partial charge is 0.259 e. The van der Waals surface area contributed by atoms with Crippen LogP contribution in [-0.2, 0) is 0 Å². The lowest BCUT2D eigenvalue weighted by atomic mass is 10.0. The number of carbonyl (C=O) groups excluding carboxylic acids is 1. The van der Waals surface area contributed by atoms with Crippen LogP contribution in [0.1, 0.15) is 21.5 Å². The van der Waals surface area contributed by atoms with Gasteiger partial charge in [-0.2, -0.15) is 0 Å². The van der Waals surface area contributed by atoms with Gasteiger partial charge in [-0.05, 0) is 78.2 Å². The average Bonchev–Trinajstić information content (AvgIpc) is 3.25. The van der Waals surface area contributed by atoms with Gasteiger partial charge in [-0.25, -0.2) is 4.98 Å². The normalized spacial score (nSPS) is 11.1. The molecule has 170 valence electrons. The van der Waals surface area contributed by atoms with Gasteiger partial charge in [-0.1, -0.05) is 24.3 Å². The van der Waals surface area contributed by atoms with Crippen molar-refractivity contribution < 1.29 is 18.7 Å². The second-order valence-electron chi connectivity index (χ2n) is 8.19. The first kappa shape index (κ1) is 21.5. The number of oxazole rings is 1. The molecule has 6 nitrogen and oxygen atoms in total. The average molecular weight is 453 g/mol. The maximum Gasteiger partial charge on any atom is 0.259 e. The summed E-state index contributed by atoms with van der Waals surface area (Å²) in [6.45, 7) is 4.09. The van der Waals surface area contributed by atoms with E-state index in [1.165, 1.54) is 0 Å². The lowest BCUT2D eigenvalue weighted by Gasteiger charge is -2.14. The third-order valence-corrected chi connectivity index (χ3v) is 6.01. The third-order valence-electron chi connectivity index (χ3n) is 6.01. The predicted molar refractivity (Wildman–Crippen MR) is 134 cm³/mol. The van der Waals surface area contributed by atoms with Crippen LogP contribution in [0.4, 0.5) is 5.69 Å². The Balaban J connectivity index is 1.52. The molecule has 0 saturated heterocycles. The molecule has 1 amide bonds. The number of anilines is 1. The predicted octanol–water partition coefficient (Wildman–Crippen LogP) is 6.53. The number of fused-ring (bicyclic) bond motifs is 2. The Bertz CT molecular complexity index is 1510. The minimum absolute atomic E-state index is 0.304. The van der Waals surface area contributed by atoms with Crippen molar-refractivity contribution in [1.82, 2.24) is 4.98 Å². The molecule has 4 aromatic carbocycles. The highest BCUT2D eigenvalue weighted by molar-refractivity contribution is 6.09. The Morgan fingerprint density at radius 1 is 0.853 bits per heavy atom. The van der Waals surface area contributed by atoms with Crippen molar-refractivity contribution in [2.45, 2.75) is 13.8 Å². The van der Waals surface area contributed by atoms with E-state index >= 15 is 0 Å². The summed E-state index contributed by atoms with van der Waals surface area (Å²) in [6.07, 6.45) is 0. The molecule has 0 fully saturated rings. The summed E-state index contributed by atoms with van der Waals surface area (Å²) in [5.41, 5.74) is 5.48. The monoisotopic (exact) mass is 452 g/mol. The van der Waals surface area contributed by atoms with E-state index in [0.29, 0.717) is 28.6 Å². The molecule has 0 spiro atoms. The Morgan fingerprint density at radius 3 is 2.29 bits per heavy atom. The van der Waals surface area contributed by atoms with Crippen molar-refractivity contribution in [2.75, 3.05) is 19.5 Å². The lowest BCUT2D eigenvalue weighted by Crippen LogP contribution is -2.14. The van der Waals surface area contributed by atoms with Gasteiger partial charge in [0.15, 0.2) is 5.58 Å². The number of hydrogen-bond donors (Lipinski definition) is 1. The molecule has 0 radical (unpaired) electrons. The second-order valence-corrected chi connectivity index (χ2v) is 8.19. The number of benzene rings is 4. The highest BCUT2D eigenvalue weighted by Crippen LogP contribution is 2.34. The maximum absolute atomic E-state index is 13.3. The van der Waals surface area contributed by atoms with Crippen molar-refractivity contribution in [3.63, 3.8) is 0 Å². The first-order valence-electron chi connectivity index (χ1n) is 10.9. The third kappa shape index (κ3) is 3.83. The molecule has 5 aromatic rings. The zero-order chi connectivity index (χ0) is 23.8. The molecular weight excluding hydrogens is 428 g/mol. The van der Waals surface area contributed by atoms with E-state index in [0.717, 1.165) is 38.6 Å². The van der Waals surface area contributed by atoms with Gasteiger partial charge in [0.25, 0.3) is 5.91 Å². The zero-order valence-corrected chi connectivity index (χ0v) is 19.4. The van der Waals surface area contributed by atoms with E-state index in [1.54, 1.807) is 26.4 Å². The minimum atomic E-state index is -0.304. The lowest BCUT2D eigenvalue weighted by molar-refractivity contribution is 0.102. The molecule has 0 bridgehead atoms. The first-order chi connectivity index (χ1) is 16.5. The molecular formula is C28H24N2O4. The van der Waals surface area contributed by atoms with Gasteiger partial charge >= 0.3 is 0 Å². The Labute approximate surface area is 197 Å². The summed E-state index contributed by atoms with van der Waals surface area (Å²) in [5, 5.41) is 4.91. The Morgan fingerprint density at radius 2 is 1.56 bits per heavy atom. The molecule has 0 unspecified atom stereocenters. The standard InChI is InChI=1S/C28H24N2O4/c1-16-11-22-26(12-17(16)2)34-28(30-22)20-9-10-24(32-3)23(14-20)29-27(31)21-13-18-7-5-6-8-19(18)15-25(21)33-4/h5-15H,1-4H3,(H,29,31). The van der Waals surface area contributed by atoms with Crippen molar-refractivity contribution in [3.8, 4) is 23.0 Å². The number of ether oxygens (including phenoxy) is 2. The number of nitrogens with one attached hydrogen (secondary N) is 1. The van der Waals surface area contributed by atoms with Gasteiger partial charge in [-0.3, -0.25) is 4.79 Å². The molecule has 1 N–H and O–H groups in total. The van der Waals surface area contributed by atoms with Crippen molar-refractivity contribution in [2.24, 2.45) is 0 Å². The van der Waals surface area contributed by atoms with E-state index in [4.69, 9.17) is 13.9 Å². The minimum Gasteiger partial charge on any atom is -0.496 e. The number of rotatable bonds is 5. The number of carbonyl (C=O) groups is 1. The fourth-order valence-corrected chi connectivity index (χ4v) is 4.00. The van der Waals surface area contributed by atoms with Crippen LogP contribution < -0.4 is 14.8 Å². The van der Waals surface area contributed by atoms with Crippen LogP contribution in [0.2, 0.25) is 0 Å². The van der Waals surface area contributed by atoms with Crippen LogP contribution >= 0.6 is 0 Å². The van der Waals surface area contributed by atoms with Gasteiger partial charge < -0.3 is 19.2 Å². The summed E-state index contributed by atoms with van der Waals surface area (Å²) in [6, 6.07) is 21.0. The number of hydrogen-bond acceptors (Lipinski definition) is 5. The summed E-state index contributed by atoms with van der Waals surface area (Å²) in [4.78, 5) is 17.9. The van der Waals surface area contributed by atoms with Gasteiger partial charge in [-0.15, -0.1) is 0 Å². The fourth-order valence-electron chi connectivity index (χ4n) is 4.00. The highest BCUT2D eigenvalue weighted by Gasteiger charge is 2.18. The maximum atomic E-state index is 13.3. The van der Waals surface area contributed by atoms with Crippen LogP contribution in [0.15, 0.2) is 71.1 Å². The van der Waals surface area contributed by atoms with E-state index in [9.17, 15) is 4.79 Å².